The second-order valence-electron chi connectivity index (χ2n) is 8.47. The summed E-state index contributed by atoms with van der Waals surface area (Å²) in [6.45, 7) is 2.28. The van der Waals surface area contributed by atoms with Crippen molar-refractivity contribution in [1.29, 1.82) is 0 Å². The van der Waals surface area contributed by atoms with Crippen LogP contribution in [0.4, 0.5) is 15.1 Å². The predicted octanol–water partition coefficient (Wildman–Crippen LogP) is 3.37. The van der Waals surface area contributed by atoms with Crippen LogP contribution in [0.25, 0.3) is 0 Å². The number of fused-ring (bicyclic) bond motifs is 1. The minimum absolute atomic E-state index is 0.00178. The van der Waals surface area contributed by atoms with Crippen molar-refractivity contribution < 1.29 is 18.8 Å². The zero-order valence-electron chi connectivity index (χ0n) is 18.8. The number of carbonyl (C=O) groups is 1. The second kappa shape index (κ2) is 10.5. The summed E-state index contributed by atoms with van der Waals surface area (Å²) >= 11 is 5.82. The molecule has 3 aromatic rings. The lowest BCUT2D eigenvalue weighted by Gasteiger charge is -2.28. The number of nitrogens with one attached hydrogen (secondary N) is 3. The van der Waals surface area contributed by atoms with Crippen molar-refractivity contribution in [2.45, 2.75) is 37.9 Å². The lowest BCUT2D eigenvalue weighted by molar-refractivity contribution is -0.112. The lowest BCUT2D eigenvalue weighted by Crippen LogP contribution is -2.39. The Morgan fingerprint density at radius 3 is 2.91 bits per heavy atom. The van der Waals surface area contributed by atoms with E-state index in [4.69, 9.17) is 21.2 Å². The summed E-state index contributed by atoms with van der Waals surface area (Å²) in [5.74, 6) is -0.0166. The molecule has 2 aromatic heterocycles. The Hall–Kier alpha value is -3.28. The number of aromatic amines is 1. The van der Waals surface area contributed by atoms with E-state index in [0.717, 1.165) is 37.3 Å². The van der Waals surface area contributed by atoms with Crippen LogP contribution >= 0.6 is 11.6 Å². The molecule has 184 valence electrons. The molecule has 10 nitrogen and oxygen atoms in total. The maximum absolute atomic E-state index is 14.1. The summed E-state index contributed by atoms with van der Waals surface area (Å²) in [7, 11) is 0. The van der Waals surface area contributed by atoms with E-state index in [-0.39, 0.29) is 11.1 Å². The molecule has 1 unspecified atom stereocenters. The normalized spacial score (nSPS) is 17.4. The summed E-state index contributed by atoms with van der Waals surface area (Å²) in [6.07, 6.45) is 6.79. The zero-order chi connectivity index (χ0) is 24.2. The first-order valence-corrected chi connectivity index (χ1v) is 11.8. The van der Waals surface area contributed by atoms with Crippen LogP contribution < -0.4 is 10.6 Å². The minimum atomic E-state index is -0.678. The quantitative estimate of drug-likeness (QED) is 0.470. The van der Waals surface area contributed by atoms with Gasteiger partial charge in [-0.05, 0) is 42.5 Å². The number of amides is 1. The van der Waals surface area contributed by atoms with Crippen molar-refractivity contribution in [3.8, 4) is 0 Å². The number of hydroxylamine groups is 2. The predicted molar refractivity (Wildman–Crippen MR) is 125 cm³/mol. The summed E-state index contributed by atoms with van der Waals surface area (Å²) in [4.78, 5) is 27.5. The Morgan fingerprint density at radius 2 is 2.14 bits per heavy atom. The van der Waals surface area contributed by atoms with Gasteiger partial charge in [-0.2, -0.15) is 5.10 Å². The maximum Gasteiger partial charge on any atom is 0.427 e. The second-order valence-corrected chi connectivity index (χ2v) is 8.88. The van der Waals surface area contributed by atoms with Gasteiger partial charge >= 0.3 is 6.09 Å². The van der Waals surface area contributed by atoms with Crippen molar-refractivity contribution >= 4 is 23.6 Å². The fraction of sp³-hybridized carbons (Fsp3) is 0.391. The van der Waals surface area contributed by atoms with Crippen molar-refractivity contribution in [3.63, 3.8) is 0 Å². The Bertz CT molecular complexity index is 1170. The summed E-state index contributed by atoms with van der Waals surface area (Å²) in [5, 5.41) is 14.3. The van der Waals surface area contributed by atoms with Crippen LogP contribution in [0.1, 0.15) is 41.3 Å². The number of aromatic nitrogens is 4. The molecule has 1 saturated heterocycles. The first kappa shape index (κ1) is 23.5. The Labute approximate surface area is 206 Å². The van der Waals surface area contributed by atoms with E-state index in [9.17, 15) is 9.18 Å². The molecule has 0 bridgehead atoms. The van der Waals surface area contributed by atoms with E-state index < -0.39 is 18.0 Å². The van der Waals surface area contributed by atoms with Gasteiger partial charge in [-0.1, -0.05) is 17.7 Å². The Balaban J connectivity index is 1.24. The van der Waals surface area contributed by atoms with Gasteiger partial charge in [-0.15, -0.1) is 5.06 Å². The minimum Gasteiger partial charge on any atom is -0.381 e. The van der Waals surface area contributed by atoms with Gasteiger partial charge in [0.15, 0.2) is 0 Å². The first-order chi connectivity index (χ1) is 17.0. The van der Waals surface area contributed by atoms with Gasteiger partial charge < -0.3 is 20.2 Å². The van der Waals surface area contributed by atoms with E-state index >= 15 is 0 Å². The average Bonchev–Trinajstić information content (AvgIpc) is 3.39. The highest BCUT2D eigenvalue weighted by molar-refractivity contribution is 6.30. The van der Waals surface area contributed by atoms with E-state index in [0.29, 0.717) is 36.6 Å². The number of rotatable bonds is 6. The third kappa shape index (κ3) is 5.69. The van der Waals surface area contributed by atoms with Gasteiger partial charge in [-0.3, -0.25) is 5.10 Å². The number of carbonyl (C=O) groups excluding carboxylic acids is 1. The molecule has 0 aliphatic carbocycles. The molecule has 2 aliphatic heterocycles. The van der Waals surface area contributed by atoms with E-state index in [1.807, 2.05) is 6.20 Å². The van der Waals surface area contributed by atoms with Gasteiger partial charge in [0.1, 0.15) is 5.82 Å². The van der Waals surface area contributed by atoms with Crippen molar-refractivity contribution in [2.75, 3.05) is 25.1 Å². The van der Waals surface area contributed by atoms with Gasteiger partial charge in [0.25, 0.3) is 0 Å². The molecule has 1 amide bonds. The SMILES string of the molecule is O=C(NC(c1cn[nH]c1)c1ccc(Cl)c(F)c1)ON1CCc2cnc(NC3CCOCC3)nc2C1. The highest BCUT2D eigenvalue weighted by atomic mass is 35.5. The molecule has 35 heavy (non-hydrogen) atoms. The third-order valence-corrected chi connectivity index (χ3v) is 6.38. The molecule has 0 spiro atoms. The molecule has 3 N–H and O–H groups in total. The largest absolute Gasteiger partial charge is 0.427 e. The number of anilines is 1. The molecule has 2 aliphatic rings. The van der Waals surface area contributed by atoms with Crippen molar-refractivity contribution in [3.05, 3.63) is 70.0 Å². The molecular weight excluding hydrogens is 477 g/mol. The highest BCUT2D eigenvalue weighted by Gasteiger charge is 2.25. The van der Waals surface area contributed by atoms with Gasteiger partial charge in [0.2, 0.25) is 5.95 Å². The van der Waals surface area contributed by atoms with Crippen molar-refractivity contribution in [1.82, 2.24) is 30.5 Å². The number of ether oxygens (including phenoxy) is 1. The number of hydrogen-bond acceptors (Lipinski definition) is 8. The van der Waals surface area contributed by atoms with Crippen LogP contribution in [-0.2, 0) is 22.5 Å². The van der Waals surface area contributed by atoms with Crippen molar-refractivity contribution in [2.24, 2.45) is 0 Å². The first-order valence-electron chi connectivity index (χ1n) is 11.4. The lowest BCUT2D eigenvalue weighted by atomic mass is 10.0. The van der Waals surface area contributed by atoms with Crippen LogP contribution in [0.2, 0.25) is 5.02 Å². The van der Waals surface area contributed by atoms with Crippen LogP contribution in [0.5, 0.6) is 0 Å². The average molecular weight is 502 g/mol. The number of nitrogens with zero attached hydrogens (tertiary/aromatic N) is 4. The van der Waals surface area contributed by atoms with Gasteiger partial charge in [0, 0.05) is 43.8 Å². The molecule has 5 rings (SSSR count). The van der Waals surface area contributed by atoms with E-state index in [2.05, 4.69) is 30.8 Å². The van der Waals surface area contributed by atoms with Crippen LogP contribution in [0.3, 0.4) is 0 Å². The maximum atomic E-state index is 14.1. The molecule has 1 atom stereocenters. The van der Waals surface area contributed by atoms with Crippen LogP contribution in [-0.4, -0.2) is 57.1 Å². The third-order valence-electron chi connectivity index (χ3n) is 6.07. The summed E-state index contributed by atoms with van der Waals surface area (Å²) in [6, 6.07) is 3.97. The Morgan fingerprint density at radius 1 is 1.29 bits per heavy atom. The standard InChI is InChI=1S/C23H25ClFN7O3/c24-18-2-1-14(9-19(18)25)21(16-11-27-28-12-16)31-23(33)35-32-6-3-15-10-26-22(30-20(15)13-32)29-17-4-7-34-8-5-17/h1-2,9-12,17,21H,3-8,13H2,(H,27,28)(H,31,33)(H,26,29,30). The molecule has 4 heterocycles. The molecule has 12 heteroatoms. The zero-order valence-corrected chi connectivity index (χ0v) is 19.6. The summed E-state index contributed by atoms with van der Waals surface area (Å²) in [5.41, 5.74) is 2.98. The fourth-order valence-electron chi connectivity index (χ4n) is 4.18. The molecule has 1 aromatic carbocycles. The fourth-order valence-corrected chi connectivity index (χ4v) is 4.30. The number of benzene rings is 1. The Kier molecular flexibility index (Phi) is 7.07. The van der Waals surface area contributed by atoms with E-state index in [1.165, 1.54) is 12.1 Å². The smallest absolute Gasteiger partial charge is 0.381 e. The molecule has 1 fully saturated rings. The topological polar surface area (TPSA) is 117 Å². The van der Waals surface area contributed by atoms with E-state index in [1.54, 1.807) is 23.5 Å². The highest BCUT2D eigenvalue weighted by Crippen LogP contribution is 2.26. The van der Waals surface area contributed by atoms with Gasteiger partial charge in [0.05, 0.1) is 29.5 Å². The monoisotopic (exact) mass is 501 g/mol. The molecule has 0 radical (unpaired) electrons. The molecule has 0 saturated carbocycles. The van der Waals surface area contributed by atoms with Crippen LogP contribution in [0, 0.1) is 5.82 Å². The van der Waals surface area contributed by atoms with Crippen LogP contribution in [0.15, 0.2) is 36.8 Å². The molecular formula is C23H25ClFN7O3. The number of H-pyrrole nitrogens is 1. The number of halogens is 2. The number of hydrogen-bond donors (Lipinski definition) is 3. The summed E-state index contributed by atoms with van der Waals surface area (Å²) < 4.78 is 19.5. The van der Waals surface area contributed by atoms with Gasteiger partial charge in [-0.25, -0.2) is 19.2 Å².